The van der Waals surface area contributed by atoms with Crippen molar-refractivity contribution in [3.63, 3.8) is 0 Å². The highest BCUT2D eigenvalue weighted by Gasteiger charge is 2.23. The van der Waals surface area contributed by atoms with Gasteiger partial charge in [0.15, 0.2) is 0 Å². The molecule has 128 valence electrons. The Bertz CT molecular complexity index is 738. The number of amides is 1. The van der Waals surface area contributed by atoms with E-state index in [0.29, 0.717) is 16.8 Å². The number of nitrogens with zero attached hydrogens (tertiary/aromatic N) is 3. The van der Waals surface area contributed by atoms with Gasteiger partial charge in [0.1, 0.15) is 12.4 Å². The highest BCUT2D eigenvalue weighted by atomic mass is 19.1. The Balaban J connectivity index is 2.28. The average molecular weight is 333 g/mol. The summed E-state index contributed by atoms with van der Waals surface area (Å²) < 4.78 is 14.7. The predicted molar refractivity (Wildman–Crippen MR) is 86.1 cm³/mol. The second kappa shape index (κ2) is 7.25. The first-order chi connectivity index (χ1) is 11.3. The van der Waals surface area contributed by atoms with E-state index in [9.17, 15) is 14.0 Å². The minimum absolute atomic E-state index is 0.0811. The average Bonchev–Trinajstić information content (AvgIpc) is 2.89. The first-order valence-electron chi connectivity index (χ1n) is 7.59. The zero-order valence-electron chi connectivity index (χ0n) is 13.9. The van der Waals surface area contributed by atoms with Crippen LogP contribution in [-0.2, 0) is 11.3 Å². The van der Waals surface area contributed by atoms with Gasteiger partial charge in [-0.2, -0.15) is 5.10 Å². The van der Waals surface area contributed by atoms with Crippen LogP contribution in [0.1, 0.15) is 41.5 Å². The van der Waals surface area contributed by atoms with Gasteiger partial charge in [-0.25, -0.2) is 4.39 Å². The van der Waals surface area contributed by atoms with Crippen molar-refractivity contribution in [3.8, 4) is 0 Å². The van der Waals surface area contributed by atoms with Crippen molar-refractivity contribution in [1.29, 1.82) is 0 Å². The van der Waals surface area contributed by atoms with Gasteiger partial charge in [0, 0.05) is 18.3 Å². The second-order valence-electron chi connectivity index (χ2n) is 5.86. The maximum absolute atomic E-state index is 13.0. The molecule has 1 N–H and O–H groups in total. The molecular weight excluding hydrogens is 313 g/mol. The summed E-state index contributed by atoms with van der Waals surface area (Å²) in [6.07, 6.45) is 1.46. The molecular formula is C17H20FN3O3. The number of hydrogen-bond acceptors (Lipinski definition) is 3. The maximum atomic E-state index is 13.0. The molecule has 7 heteroatoms. The quantitative estimate of drug-likeness (QED) is 0.882. The number of aliphatic carboxylic acids is 1. The topological polar surface area (TPSA) is 75.4 Å². The molecule has 0 aliphatic rings. The van der Waals surface area contributed by atoms with E-state index >= 15 is 0 Å². The molecule has 0 radical (unpaired) electrons. The van der Waals surface area contributed by atoms with Crippen LogP contribution < -0.4 is 0 Å². The zero-order chi connectivity index (χ0) is 17.9. The third-order valence-corrected chi connectivity index (χ3v) is 3.66. The molecule has 1 amide bonds. The molecule has 1 aromatic heterocycles. The fourth-order valence-corrected chi connectivity index (χ4v) is 2.50. The monoisotopic (exact) mass is 333 g/mol. The van der Waals surface area contributed by atoms with E-state index in [1.165, 1.54) is 35.4 Å². The summed E-state index contributed by atoms with van der Waals surface area (Å²) in [5.41, 5.74) is 1.71. The number of halogens is 1. The number of carboxylic acid groups (broad SMARTS) is 1. The van der Waals surface area contributed by atoms with Crippen LogP contribution in [0.25, 0.3) is 0 Å². The molecule has 0 bridgehead atoms. The van der Waals surface area contributed by atoms with E-state index in [-0.39, 0.29) is 18.4 Å². The first-order valence-corrected chi connectivity index (χ1v) is 7.59. The summed E-state index contributed by atoms with van der Waals surface area (Å²) in [4.78, 5) is 25.1. The summed E-state index contributed by atoms with van der Waals surface area (Å²) >= 11 is 0. The molecule has 24 heavy (non-hydrogen) atoms. The number of carboxylic acids is 1. The number of rotatable bonds is 6. The lowest BCUT2D eigenvalue weighted by Crippen LogP contribution is -2.35. The van der Waals surface area contributed by atoms with Gasteiger partial charge in [-0.3, -0.25) is 14.3 Å². The van der Waals surface area contributed by atoms with E-state index in [1.54, 1.807) is 11.6 Å². The van der Waals surface area contributed by atoms with Crippen LogP contribution in [0.2, 0.25) is 0 Å². The summed E-state index contributed by atoms with van der Waals surface area (Å²) in [5, 5.41) is 13.3. The molecule has 0 unspecified atom stereocenters. The number of benzene rings is 1. The minimum atomic E-state index is -1.11. The molecule has 1 heterocycles. The van der Waals surface area contributed by atoms with Crippen molar-refractivity contribution in [3.05, 3.63) is 53.1 Å². The molecule has 0 fully saturated rings. The smallest absolute Gasteiger partial charge is 0.323 e. The Kier molecular flexibility index (Phi) is 5.33. The van der Waals surface area contributed by atoms with Crippen LogP contribution in [0.3, 0.4) is 0 Å². The van der Waals surface area contributed by atoms with Gasteiger partial charge < -0.3 is 10.0 Å². The lowest BCUT2D eigenvalue weighted by atomic mass is 10.1. The van der Waals surface area contributed by atoms with Gasteiger partial charge in [-0.15, -0.1) is 0 Å². The van der Waals surface area contributed by atoms with Gasteiger partial charge in [0.25, 0.3) is 5.91 Å². The Morgan fingerprint density at radius 2 is 1.92 bits per heavy atom. The molecule has 0 spiro atoms. The lowest BCUT2D eigenvalue weighted by molar-refractivity contribution is -0.137. The largest absolute Gasteiger partial charge is 0.480 e. The number of carbonyl (C=O) groups is 2. The van der Waals surface area contributed by atoms with E-state index in [1.807, 2.05) is 13.8 Å². The Hall–Kier alpha value is -2.70. The molecule has 6 nitrogen and oxygen atoms in total. The van der Waals surface area contributed by atoms with Crippen LogP contribution in [0, 0.1) is 12.7 Å². The van der Waals surface area contributed by atoms with Gasteiger partial charge in [-0.1, -0.05) is 12.1 Å². The summed E-state index contributed by atoms with van der Waals surface area (Å²) in [6.45, 7) is 5.31. The van der Waals surface area contributed by atoms with Crippen LogP contribution in [0.4, 0.5) is 4.39 Å². The highest BCUT2D eigenvalue weighted by molar-refractivity contribution is 5.96. The maximum Gasteiger partial charge on any atom is 0.323 e. The Labute approximate surface area is 139 Å². The van der Waals surface area contributed by atoms with Gasteiger partial charge in [-0.05, 0) is 38.5 Å². The van der Waals surface area contributed by atoms with Crippen molar-refractivity contribution in [2.45, 2.75) is 33.4 Å². The number of aromatic nitrogens is 2. The molecule has 0 aliphatic heterocycles. The van der Waals surface area contributed by atoms with Crippen molar-refractivity contribution >= 4 is 11.9 Å². The SMILES string of the molecule is Cc1c(C(=O)N(CC(=O)O)Cc2ccc(F)cc2)cnn1C(C)C. The van der Waals surface area contributed by atoms with E-state index < -0.39 is 18.4 Å². The molecule has 0 saturated heterocycles. The van der Waals surface area contributed by atoms with Crippen molar-refractivity contribution in [2.75, 3.05) is 6.54 Å². The number of hydrogen-bond donors (Lipinski definition) is 1. The van der Waals surface area contributed by atoms with E-state index in [0.717, 1.165) is 0 Å². The van der Waals surface area contributed by atoms with Crippen molar-refractivity contribution < 1.29 is 19.1 Å². The standard InChI is InChI=1S/C17H20FN3O3/c1-11(2)21-12(3)15(8-19-21)17(24)20(10-16(22)23)9-13-4-6-14(18)7-5-13/h4-8,11H,9-10H2,1-3H3,(H,22,23). The highest BCUT2D eigenvalue weighted by Crippen LogP contribution is 2.16. The van der Waals surface area contributed by atoms with Gasteiger partial charge in [0.05, 0.1) is 11.8 Å². The van der Waals surface area contributed by atoms with Crippen molar-refractivity contribution in [2.24, 2.45) is 0 Å². The summed E-state index contributed by atoms with van der Waals surface area (Å²) in [6, 6.07) is 5.71. The number of carbonyl (C=O) groups excluding carboxylic acids is 1. The molecule has 1 aromatic carbocycles. The fourth-order valence-electron chi connectivity index (χ4n) is 2.50. The van der Waals surface area contributed by atoms with Crippen LogP contribution in [-0.4, -0.2) is 38.2 Å². The van der Waals surface area contributed by atoms with Gasteiger partial charge >= 0.3 is 5.97 Å². The lowest BCUT2D eigenvalue weighted by Gasteiger charge is -2.21. The molecule has 2 aromatic rings. The zero-order valence-corrected chi connectivity index (χ0v) is 13.9. The van der Waals surface area contributed by atoms with Gasteiger partial charge in [0.2, 0.25) is 0 Å². The van der Waals surface area contributed by atoms with E-state index in [2.05, 4.69) is 5.10 Å². The Morgan fingerprint density at radius 1 is 1.29 bits per heavy atom. The third-order valence-electron chi connectivity index (χ3n) is 3.66. The fraction of sp³-hybridized carbons (Fsp3) is 0.353. The first kappa shape index (κ1) is 17.7. The molecule has 0 atom stereocenters. The Morgan fingerprint density at radius 3 is 2.42 bits per heavy atom. The molecule has 0 saturated carbocycles. The summed E-state index contributed by atoms with van der Waals surface area (Å²) in [7, 11) is 0. The third kappa shape index (κ3) is 3.98. The van der Waals surface area contributed by atoms with Crippen molar-refractivity contribution in [1.82, 2.24) is 14.7 Å². The predicted octanol–water partition coefficient (Wildman–Crippen LogP) is 2.64. The second-order valence-corrected chi connectivity index (χ2v) is 5.86. The summed E-state index contributed by atoms with van der Waals surface area (Å²) in [5.74, 6) is -1.91. The minimum Gasteiger partial charge on any atom is -0.480 e. The van der Waals surface area contributed by atoms with Crippen LogP contribution in [0.5, 0.6) is 0 Å². The van der Waals surface area contributed by atoms with Crippen LogP contribution >= 0.6 is 0 Å². The van der Waals surface area contributed by atoms with Crippen LogP contribution in [0.15, 0.2) is 30.5 Å². The molecule has 2 rings (SSSR count). The molecule has 0 aliphatic carbocycles. The normalized spacial score (nSPS) is 10.9. The van der Waals surface area contributed by atoms with E-state index in [4.69, 9.17) is 5.11 Å².